The summed E-state index contributed by atoms with van der Waals surface area (Å²) in [6, 6.07) is 10.00. The van der Waals surface area contributed by atoms with Crippen molar-refractivity contribution in [2.75, 3.05) is 13.2 Å². The second-order valence-electron chi connectivity index (χ2n) is 7.59. The molecule has 2 N–H and O–H groups in total. The number of hydrogen-bond donors (Lipinski definition) is 2. The Bertz CT molecular complexity index is 1040. The van der Waals surface area contributed by atoms with E-state index in [1.807, 2.05) is 12.1 Å². The maximum absolute atomic E-state index is 12.5. The van der Waals surface area contributed by atoms with E-state index in [1.54, 1.807) is 6.07 Å². The molecule has 1 aliphatic heterocycles. The lowest BCUT2D eigenvalue weighted by atomic mass is 10.0. The topological polar surface area (TPSA) is 97.7 Å². The molecule has 29 heavy (non-hydrogen) atoms. The lowest BCUT2D eigenvalue weighted by Crippen LogP contribution is -2.48. The van der Waals surface area contributed by atoms with Crippen molar-refractivity contribution in [3.05, 3.63) is 52.6 Å². The number of hydrogen-bond acceptors (Lipinski definition) is 6. The molecule has 7 heteroatoms. The Hall–Kier alpha value is -2.48. The highest BCUT2D eigenvalue weighted by molar-refractivity contribution is 5.79. The molecular formula is C22H26N2O5. The second kappa shape index (κ2) is 8.10. The molecule has 1 aliphatic rings. The van der Waals surface area contributed by atoms with Crippen LogP contribution in [0.4, 0.5) is 0 Å². The average Bonchev–Trinajstić information content (AvgIpc) is 3.31. The van der Waals surface area contributed by atoms with Gasteiger partial charge in [0.05, 0.1) is 18.6 Å². The Morgan fingerprint density at radius 2 is 2.07 bits per heavy atom. The summed E-state index contributed by atoms with van der Waals surface area (Å²) in [6.45, 7) is 2.06. The Balaban J connectivity index is 1.64. The van der Waals surface area contributed by atoms with Gasteiger partial charge in [0.15, 0.2) is 5.72 Å². The first kappa shape index (κ1) is 19.8. The Labute approximate surface area is 168 Å². The molecule has 3 heterocycles. The smallest absolute Gasteiger partial charge is 0.353 e. The van der Waals surface area contributed by atoms with Crippen LogP contribution < -0.4 is 5.69 Å². The minimum absolute atomic E-state index is 0.204. The molecule has 2 aromatic heterocycles. The van der Waals surface area contributed by atoms with Crippen molar-refractivity contribution >= 4 is 11.1 Å². The summed E-state index contributed by atoms with van der Waals surface area (Å²) in [7, 11) is 0. The summed E-state index contributed by atoms with van der Waals surface area (Å²) in [4.78, 5) is 16.5. The molecule has 4 rings (SSSR count). The zero-order valence-electron chi connectivity index (χ0n) is 16.5. The van der Waals surface area contributed by atoms with Gasteiger partial charge in [0.25, 0.3) is 0 Å². The Kier molecular flexibility index (Phi) is 5.54. The van der Waals surface area contributed by atoms with E-state index in [-0.39, 0.29) is 25.3 Å². The quantitative estimate of drug-likeness (QED) is 0.594. The van der Waals surface area contributed by atoms with Gasteiger partial charge < -0.3 is 19.4 Å². The number of benzene rings is 1. The number of nitrogens with zero attached hydrogens (tertiary/aromatic N) is 2. The molecule has 0 unspecified atom stereocenters. The first-order valence-electron chi connectivity index (χ1n) is 10.1. The predicted octanol–water partition coefficient (Wildman–Crippen LogP) is 2.82. The summed E-state index contributed by atoms with van der Waals surface area (Å²) in [5.74, 6) is 0.609. The number of aryl methyl sites for hydroxylation is 1. The van der Waals surface area contributed by atoms with E-state index < -0.39 is 17.5 Å². The first-order valence-corrected chi connectivity index (χ1v) is 10.1. The molecule has 3 aromatic rings. The molecule has 2 atom stereocenters. The summed E-state index contributed by atoms with van der Waals surface area (Å²) < 4.78 is 12.3. The third kappa shape index (κ3) is 3.73. The van der Waals surface area contributed by atoms with Crippen molar-refractivity contribution in [3.8, 4) is 11.3 Å². The number of ether oxygens (including phenoxy) is 1. The van der Waals surface area contributed by atoms with Crippen molar-refractivity contribution in [3.63, 3.8) is 0 Å². The normalized spacial score (nSPS) is 21.8. The molecule has 1 fully saturated rings. The van der Waals surface area contributed by atoms with E-state index in [4.69, 9.17) is 9.15 Å². The van der Waals surface area contributed by atoms with Crippen molar-refractivity contribution in [2.24, 2.45) is 0 Å². The largest absolute Gasteiger partial charge is 0.437 e. The van der Waals surface area contributed by atoms with E-state index in [0.29, 0.717) is 11.1 Å². The van der Waals surface area contributed by atoms with Crippen LogP contribution in [0.25, 0.3) is 22.4 Å². The summed E-state index contributed by atoms with van der Waals surface area (Å²) in [5, 5.41) is 21.0. The average molecular weight is 398 g/mol. The predicted molar refractivity (Wildman–Crippen MR) is 109 cm³/mol. The van der Waals surface area contributed by atoms with Crippen molar-refractivity contribution in [2.45, 2.75) is 50.9 Å². The fraction of sp³-hybridized carbons (Fsp3) is 0.455. The van der Waals surface area contributed by atoms with Crippen molar-refractivity contribution < 1.29 is 19.4 Å². The van der Waals surface area contributed by atoms with Gasteiger partial charge in [-0.05, 0) is 24.5 Å². The molecule has 0 radical (unpaired) electrons. The molecule has 1 saturated heterocycles. The lowest BCUT2D eigenvalue weighted by molar-refractivity contribution is -0.115. The van der Waals surface area contributed by atoms with E-state index in [1.165, 1.54) is 31.0 Å². The van der Waals surface area contributed by atoms with Gasteiger partial charge in [-0.2, -0.15) is 4.98 Å². The highest BCUT2D eigenvalue weighted by atomic mass is 16.5. The Morgan fingerprint density at radius 1 is 1.28 bits per heavy atom. The lowest BCUT2D eigenvalue weighted by Gasteiger charge is -2.28. The minimum atomic E-state index is -1.62. The zero-order valence-corrected chi connectivity index (χ0v) is 16.5. The first-order chi connectivity index (χ1) is 14.0. The molecule has 154 valence electrons. The van der Waals surface area contributed by atoms with Crippen molar-refractivity contribution in [1.82, 2.24) is 9.55 Å². The summed E-state index contributed by atoms with van der Waals surface area (Å²) in [6.07, 6.45) is 5.52. The van der Waals surface area contributed by atoms with E-state index in [0.717, 1.165) is 16.6 Å². The minimum Gasteiger partial charge on any atom is -0.437 e. The standard InChI is InChI=1S/C22H26N2O5/c1-2-3-4-5-15-6-8-16(9-7-15)18-12-17-13-24(21(26)23-20(17)29-18)22(27)10-11-28-19(22)14-25/h6-9,12-13,19,25,27H,2-5,10-11,14H2,1H3/t19-,22+/m1/s1. The van der Waals surface area contributed by atoms with Crippen molar-refractivity contribution in [1.29, 1.82) is 0 Å². The monoisotopic (exact) mass is 398 g/mol. The highest BCUT2D eigenvalue weighted by Gasteiger charge is 2.45. The van der Waals surface area contributed by atoms with Crippen LogP contribution in [0.3, 0.4) is 0 Å². The van der Waals surface area contributed by atoms with Crippen LogP contribution in [0.5, 0.6) is 0 Å². The van der Waals surface area contributed by atoms with Crippen LogP contribution in [-0.2, 0) is 16.9 Å². The van der Waals surface area contributed by atoms with Crippen LogP contribution in [0.15, 0.2) is 45.7 Å². The van der Waals surface area contributed by atoms with Gasteiger partial charge in [0.2, 0.25) is 5.71 Å². The maximum atomic E-state index is 12.5. The van der Waals surface area contributed by atoms with Gasteiger partial charge in [-0.15, -0.1) is 0 Å². The Morgan fingerprint density at radius 3 is 2.79 bits per heavy atom. The number of aliphatic hydroxyl groups excluding tert-OH is 1. The van der Waals surface area contributed by atoms with Crippen LogP contribution in [0, 0.1) is 0 Å². The zero-order chi connectivity index (χ0) is 20.4. The number of aliphatic hydroxyl groups is 2. The van der Waals surface area contributed by atoms with Crippen LogP contribution in [0.2, 0.25) is 0 Å². The van der Waals surface area contributed by atoms with Crippen LogP contribution in [-0.4, -0.2) is 39.1 Å². The number of aromatic nitrogens is 2. The summed E-state index contributed by atoms with van der Waals surface area (Å²) in [5.41, 5.74) is 0.143. The molecule has 0 aliphatic carbocycles. The van der Waals surface area contributed by atoms with Gasteiger partial charge in [-0.1, -0.05) is 44.0 Å². The van der Waals surface area contributed by atoms with Crippen LogP contribution in [0.1, 0.15) is 38.2 Å². The molecule has 7 nitrogen and oxygen atoms in total. The summed E-state index contributed by atoms with van der Waals surface area (Å²) >= 11 is 0. The fourth-order valence-corrected chi connectivity index (χ4v) is 3.87. The SMILES string of the molecule is CCCCCc1ccc(-c2cc3cn([C@]4(O)CCO[C@@H]4CO)c(=O)nc3o2)cc1. The molecule has 0 amide bonds. The van der Waals surface area contributed by atoms with Gasteiger partial charge >= 0.3 is 5.69 Å². The van der Waals surface area contributed by atoms with E-state index in [2.05, 4.69) is 24.0 Å². The van der Waals surface area contributed by atoms with E-state index in [9.17, 15) is 15.0 Å². The highest BCUT2D eigenvalue weighted by Crippen LogP contribution is 2.32. The number of fused-ring (bicyclic) bond motifs is 1. The molecular weight excluding hydrogens is 372 g/mol. The van der Waals surface area contributed by atoms with Gasteiger partial charge in [0.1, 0.15) is 11.9 Å². The third-order valence-corrected chi connectivity index (χ3v) is 5.61. The fourth-order valence-electron chi connectivity index (χ4n) is 3.87. The second-order valence-corrected chi connectivity index (χ2v) is 7.59. The number of rotatable bonds is 7. The van der Waals surface area contributed by atoms with Crippen LogP contribution >= 0.6 is 0 Å². The maximum Gasteiger partial charge on any atom is 0.353 e. The van der Waals surface area contributed by atoms with Gasteiger partial charge in [-0.3, -0.25) is 4.57 Å². The number of unbranched alkanes of at least 4 members (excludes halogenated alkanes) is 2. The van der Waals surface area contributed by atoms with E-state index >= 15 is 0 Å². The molecule has 1 aromatic carbocycles. The molecule has 0 bridgehead atoms. The van der Waals surface area contributed by atoms with Gasteiger partial charge in [-0.25, -0.2) is 4.79 Å². The molecule has 0 saturated carbocycles. The van der Waals surface area contributed by atoms with Gasteiger partial charge in [0, 0.05) is 18.2 Å². The number of furan rings is 1. The molecule has 0 spiro atoms. The third-order valence-electron chi connectivity index (χ3n) is 5.61.